The van der Waals surface area contributed by atoms with E-state index >= 15 is 0 Å². The highest BCUT2D eigenvalue weighted by molar-refractivity contribution is 5.62. The van der Waals surface area contributed by atoms with Crippen LogP contribution >= 0.6 is 0 Å². The number of hydrogen-bond acceptors (Lipinski definition) is 3. The Balaban J connectivity index is 1.45. The van der Waals surface area contributed by atoms with Gasteiger partial charge in [0.2, 0.25) is 0 Å². The smallest absolute Gasteiger partial charge is 0.0968 e. The van der Waals surface area contributed by atoms with Crippen molar-refractivity contribution in [2.45, 2.75) is 32.2 Å². The van der Waals surface area contributed by atoms with Crippen molar-refractivity contribution in [1.82, 2.24) is 14.7 Å². The lowest BCUT2D eigenvalue weighted by Crippen LogP contribution is -2.42. The summed E-state index contributed by atoms with van der Waals surface area (Å²) in [5.74, 6) is 0. The van der Waals surface area contributed by atoms with E-state index in [4.69, 9.17) is 9.84 Å². The van der Waals surface area contributed by atoms with Crippen LogP contribution in [-0.4, -0.2) is 41.0 Å². The van der Waals surface area contributed by atoms with Gasteiger partial charge in [-0.05, 0) is 44.2 Å². The topological polar surface area (TPSA) is 30.3 Å². The summed E-state index contributed by atoms with van der Waals surface area (Å²) in [5.41, 5.74) is 4.24. The number of aromatic nitrogens is 2. The molecule has 0 radical (unpaired) electrons. The average molecular weight is 325 g/mol. The molecule has 0 unspecified atom stereocenters. The Labute approximate surface area is 144 Å². The fourth-order valence-corrected chi connectivity index (χ4v) is 4.22. The van der Waals surface area contributed by atoms with Crippen LogP contribution < -0.4 is 0 Å². The van der Waals surface area contributed by atoms with Crippen LogP contribution in [0.3, 0.4) is 0 Å². The van der Waals surface area contributed by atoms with Gasteiger partial charge in [-0.1, -0.05) is 30.3 Å². The first-order chi connectivity index (χ1) is 11.7. The Hall–Kier alpha value is -1.65. The van der Waals surface area contributed by atoms with Crippen molar-refractivity contribution in [2.75, 3.05) is 26.3 Å². The van der Waals surface area contributed by atoms with Crippen molar-refractivity contribution in [1.29, 1.82) is 0 Å². The highest BCUT2D eigenvalue weighted by Gasteiger charge is 2.36. The summed E-state index contributed by atoms with van der Waals surface area (Å²) in [6.07, 6.45) is 7.32. The molecule has 4 heteroatoms. The van der Waals surface area contributed by atoms with Gasteiger partial charge in [0, 0.05) is 44.1 Å². The van der Waals surface area contributed by atoms with E-state index < -0.39 is 0 Å². The van der Waals surface area contributed by atoms with Gasteiger partial charge in [-0.3, -0.25) is 9.58 Å². The quantitative estimate of drug-likeness (QED) is 0.865. The van der Waals surface area contributed by atoms with Crippen LogP contribution in [-0.2, 0) is 18.3 Å². The molecule has 0 atom stereocenters. The summed E-state index contributed by atoms with van der Waals surface area (Å²) in [7, 11) is 2.02. The minimum Gasteiger partial charge on any atom is -0.381 e. The van der Waals surface area contributed by atoms with E-state index in [0.29, 0.717) is 5.41 Å². The van der Waals surface area contributed by atoms with Gasteiger partial charge < -0.3 is 4.74 Å². The molecule has 0 aliphatic carbocycles. The molecule has 2 aliphatic heterocycles. The molecule has 1 spiro atoms. The van der Waals surface area contributed by atoms with E-state index in [2.05, 4.69) is 41.4 Å². The molecular weight excluding hydrogens is 298 g/mol. The number of aryl methyl sites for hydroxylation is 1. The van der Waals surface area contributed by atoms with Gasteiger partial charge in [-0.25, -0.2) is 0 Å². The predicted molar refractivity (Wildman–Crippen MR) is 95.6 cm³/mol. The lowest BCUT2D eigenvalue weighted by Gasteiger charge is -2.44. The Bertz CT molecular complexity index is 663. The molecule has 2 aromatic rings. The Morgan fingerprint density at radius 1 is 1.04 bits per heavy atom. The zero-order chi connectivity index (χ0) is 16.4. The van der Waals surface area contributed by atoms with Gasteiger partial charge in [0.25, 0.3) is 0 Å². The van der Waals surface area contributed by atoms with Crippen LogP contribution in [0, 0.1) is 5.41 Å². The lowest BCUT2D eigenvalue weighted by molar-refractivity contribution is -0.0217. The van der Waals surface area contributed by atoms with E-state index in [-0.39, 0.29) is 0 Å². The van der Waals surface area contributed by atoms with E-state index in [1.165, 1.54) is 49.9 Å². The molecule has 0 saturated carbocycles. The van der Waals surface area contributed by atoms with Crippen molar-refractivity contribution < 1.29 is 4.74 Å². The van der Waals surface area contributed by atoms with Crippen molar-refractivity contribution in [2.24, 2.45) is 12.5 Å². The molecule has 1 aromatic heterocycles. The molecule has 128 valence electrons. The third-order valence-electron chi connectivity index (χ3n) is 5.82. The van der Waals surface area contributed by atoms with Gasteiger partial charge in [-0.2, -0.15) is 5.10 Å². The van der Waals surface area contributed by atoms with Crippen LogP contribution in [0.15, 0.2) is 36.5 Å². The molecule has 0 bridgehead atoms. The number of piperidine rings is 1. The fraction of sp³-hybridized carbons (Fsp3) is 0.550. The zero-order valence-electron chi connectivity index (χ0n) is 14.6. The summed E-state index contributed by atoms with van der Waals surface area (Å²) >= 11 is 0. The fourth-order valence-electron chi connectivity index (χ4n) is 4.22. The Morgan fingerprint density at radius 3 is 2.46 bits per heavy atom. The Kier molecular flexibility index (Phi) is 4.42. The summed E-state index contributed by atoms with van der Waals surface area (Å²) in [5, 5.41) is 4.70. The summed E-state index contributed by atoms with van der Waals surface area (Å²) in [6, 6.07) is 10.5. The zero-order valence-corrected chi connectivity index (χ0v) is 14.6. The second-order valence-corrected chi connectivity index (χ2v) is 7.43. The van der Waals surface area contributed by atoms with E-state index in [0.717, 1.165) is 25.5 Å². The predicted octanol–water partition coefficient (Wildman–Crippen LogP) is 3.48. The molecular formula is C20H27N3O. The molecule has 24 heavy (non-hydrogen) atoms. The molecule has 4 rings (SSSR count). The van der Waals surface area contributed by atoms with Crippen molar-refractivity contribution in [3.8, 4) is 11.3 Å². The standard InChI is InChI=1S/C20H27N3O/c1-22-15-18(19(21-22)17-5-3-2-4-6-17)16-23-11-7-20(8-12-23)9-13-24-14-10-20/h2-6,15H,7-14,16H2,1H3. The van der Waals surface area contributed by atoms with Crippen LogP contribution in [0.4, 0.5) is 0 Å². The Morgan fingerprint density at radius 2 is 1.75 bits per heavy atom. The van der Waals surface area contributed by atoms with Gasteiger partial charge in [-0.15, -0.1) is 0 Å². The largest absolute Gasteiger partial charge is 0.381 e. The monoisotopic (exact) mass is 325 g/mol. The first kappa shape index (κ1) is 15.9. The molecule has 0 amide bonds. The van der Waals surface area contributed by atoms with Gasteiger partial charge in [0.15, 0.2) is 0 Å². The summed E-state index contributed by atoms with van der Waals surface area (Å²) in [4.78, 5) is 2.60. The number of nitrogens with zero attached hydrogens (tertiary/aromatic N) is 3. The maximum absolute atomic E-state index is 5.56. The maximum Gasteiger partial charge on any atom is 0.0968 e. The lowest BCUT2D eigenvalue weighted by atomic mass is 9.72. The molecule has 4 nitrogen and oxygen atoms in total. The highest BCUT2D eigenvalue weighted by Crippen LogP contribution is 2.41. The average Bonchev–Trinajstić information content (AvgIpc) is 2.99. The summed E-state index contributed by atoms with van der Waals surface area (Å²) in [6.45, 7) is 5.32. The second kappa shape index (κ2) is 6.69. The van der Waals surface area contributed by atoms with Crippen LogP contribution in [0.5, 0.6) is 0 Å². The molecule has 0 N–H and O–H groups in total. The molecule has 1 aromatic carbocycles. The normalized spacial score (nSPS) is 21.2. The third-order valence-corrected chi connectivity index (χ3v) is 5.82. The van der Waals surface area contributed by atoms with E-state index in [1.807, 2.05) is 11.7 Å². The molecule has 2 saturated heterocycles. The summed E-state index contributed by atoms with van der Waals surface area (Å²) < 4.78 is 7.51. The van der Waals surface area contributed by atoms with E-state index in [1.54, 1.807) is 0 Å². The van der Waals surface area contributed by atoms with Gasteiger partial charge >= 0.3 is 0 Å². The second-order valence-electron chi connectivity index (χ2n) is 7.43. The number of likely N-dealkylation sites (tertiary alicyclic amines) is 1. The van der Waals surface area contributed by atoms with Crippen molar-refractivity contribution in [3.63, 3.8) is 0 Å². The van der Waals surface area contributed by atoms with Crippen LogP contribution in [0.1, 0.15) is 31.2 Å². The first-order valence-corrected chi connectivity index (χ1v) is 9.12. The molecule has 3 heterocycles. The minimum absolute atomic E-state index is 0.561. The number of hydrogen-bond donors (Lipinski definition) is 0. The number of benzene rings is 1. The third kappa shape index (κ3) is 3.26. The minimum atomic E-state index is 0.561. The van der Waals surface area contributed by atoms with Crippen LogP contribution in [0.25, 0.3) is 11.3 Å². The molecule has 2 aliphatic rings. The van der Waals surface area contributed by atoms with Crippen LogP contribution in [0.2, 0.25) is 0 Å². The number of rotatable bonds is 3. The highest BCUT2D eigenvalue weighted by atomic mass is 16.5. The number of ether oxygens (including phenoxy) is 1. The first-order valence-electron chi connectivity index (χ1n) is 9.12. The SMILES string of the molecule is Cn1cc(CN2CCC3(CCOCC3)CC2)c(-c2ccccc2)n1. The van der Waals surface area contributed by atoms with E-state index in [9.17, 15) is 0 Å². The van der Waals surface area contributed by atoms with Gasteiger partial charge in [0.1, 0.15) is 0 Å². The molecule has 2 fully saturated rings. The van der Waals surface area contributed by atoms with Crippen molar-refractivity contribution >= 4 is 0 Å². The maximum atomic E-state index is 5.56. The van der Waals surface area contributed by atoms with Crippen molar-refractivity contribution in [3.05, 3.63) is 42.1 Å². The van der Waals surface area contributed by atoms with Gasteiger partial charge in [0.05, 0.1) is 5.69 Å².